The van der Waals surface area contributed by atoms with Crippen LogP contribution in [0, 0.1) is 0 Å². The van der Waals surface area contributed by atoms with E-state index in [9.17, 15) is 4.79 Å². The number of carbonyl (C=O) groups excluding carboxylic acids is 1. The van der Waals surface area contributed by atoms with Crippen molar-refractivity contribution in [2.45, 2.75) is 13.8 Å². The summed E-state index contributed by atoms with van der Waals surface area (Å²) in [4.78, 5) is 15.7. The Hall–Kier alpha value is -2.21. The molecule has 0 aliphatic heterocycles. The van der Waals surface area contributed by atoms with Crippen LogP contribution in [0.2, 0.25) is 0 Å². The molecule has 21 heavy (non-hydrogen) atoms. The van der Waals surface area contributed by atoms with Gasteiger partial charge in [0.1, 0.15) is 0 Å². The van der Waals surface area contributed by atoms with E-state index in [2.05, 4.69) is 34.3 Å². The zero-order valence-electron chi connectivity index (χ0n) is 12.5. The molecule has 0 bridgehead atoms. The van der Waals surface area contributed by atoms with Crippen LogP contribution in [0.3, 0.4) is 0 Å². The Balaban J connectivity index is 1.91. The summed E-state index contributed by atoms with van der Waals surface area (Å²) >= 11 is 0. The fraction of sp³-hybridized carbons (Fsp3) is 0.400. The van der Waals surface area contributed by atoms with E-state index in [0.717, 1.165) is 25.3 Å². The molecule has 1 heterocycles. The molecule has 112 valence electrons. The predicted molar refractivity (Wildman–Crippen MR) is 81.5 cm³/mol. The third kappa shape index (κ3) is 4.13. The molecule has 1 N–H and O–H groups in total. The van der Waals surface area contributed by atoms with Crippen molar-refractivity contribution in [1.29, 1.82) is 0 Å². The van der Waals surface area contributed by atoms with Gasteiger partial charge >= 0.3 is 0 Å². The first kappa shape index (κ1) is 15.2. The molecular formula is C15H21N5O. The maximum Gasteiger partial charge on any atom is 0.273 e. The number of carbonyl (C=O) groups is 1. The Morgan fingerprint density at radius 1 is 1.24 bits per heavy atom. The number of rotatable bonds is 7. The minimum absolute atomic E-state index is 0.190. The van der Waals surface area contributed by atoms with E-state index in [0.29, 0.717) is 12.2 Å². The van der Waals surface area contributed by atoms with E-state index < -0.39 is 0 Å². The minimum Gasteiger partial charge on any atom is -0.349 e. The number of para-hydroxylation sites is 1. The van der Waals surface area contributed by atoms with E-state index in [-0.39, 0.29) is 5.91 Å². The van der Waals surface area contributed by atoms with Crippen molar-refractivity contribution >= 4 is 5.91 Å². The molecule has 0 aliphatic carbocycles. The first-order valence-corrected chi connectivity index (χ1v) is 7.23. The van der Waals surface area contributed by atoms with Crippen LogP contribution in [0.25, 0.3) is 5.69 Å². The minimum atomic E-state index is -0.190. The van der Waals surface area contributed by atoms with Crippen molar-refractivity contribution in [2.75, 3.05) is 26.2 Å². The molecule has 0 aliphatic rings. The van der Waals surface area contributed by atoms with Crippen LogP contribution in [0.5, 0.6) is 0 Å². The average Bonchev–Trinajstić information content (AvgIpc) is 3.02. The maximum absolute atomic E-state index is 12.0. The third-order valence-electron chi connectivity index (χ3n) is 3.32. The fourth-order valence-electron chi connectivity index (χ4n) is 2.01. The third-order valence-corrected chi connectivity index (χ3v) is 3.32. The Kier molecular flexibility index (Phi) is 5.45. The van der Waals surface area contributed by atoms with Crippen LogP contribution in [-0.2, 0) is 0 Å². The molecule has 0 radical (unpaired) electrons. The van der Waals surface area contributed by atoms with Gasteiger partial charge < -0.3 is 10.2 Å². The van der Waals surface area contributed by atoms with Crippen LogP contribution >= 0.6 is 0 Å². The van der Waals surface area contributed by atoms with Crippen LogP contribution in [0.15, 0.2) is 36.5 Å². The first-order chi connectivity index (χ1) is 10.2. The lowest BCUT2D eigenvalue weighted by atomic mass is 10.3. The zero-order valence-corrected chi connectivity index (χ0v) is 12.5. The topological polar surface area (TPSA) is 63.1 Å². The summed E-state index contributed by atoms with van der Waals surface area (Å²) in [6, 6.07) is 9.52. The van der Waals surface area contributed by atoms with Gasteiger partial charge in [0, 0.05) is 13.1 Å². The molecule has 2 rings (SSSR count). The summed E-state index contributed by atoms with van der Waals surface area (Å²) in [7, 11) is 0. The number of amides is 1. The van der Waals surface area contributed by atoms with Crippen molar-refractivity contribution in [1.82, 2.24) is 25.2 Å². The molecule has 6 heteroatoms. The lowest BCUT2D eigenvalue weighted by Crippen LogP contribution is -2.35. The molecule has 1 aromatic heterocycles. The van der Waals surface area contributed by atoms with Gasteiger partial charge in [-0.25, -0.2) is 0 Å². The molecule has 0 saturated heterocycles. The Morgan fingerprint density at radius 2 is 1.95 bits per heavy atom. The Labute approximate surface area is 124 Å². The molecule has 0 saturated carbocycles. The van der Waals surface area contributed by atoms with Crippen molar-refractivity contribution in [2.24, 2.45) is 0 Å². The highest BCUT2D eigenvalue weighted by Crippen LogP contribution is 2.04. The number of hydrogen-bond donors (Lipinski definition) is 1. The second-order valence-electron chi connectivity index (χ2n) is 4.64. The Morgan fingerprint density at radius 3 is 2.62 bits per heavy atom. The van der Waals surface area contributed by atoms with Gasteiger partial charge in [0.25, 0.3) is 5.91 Å². The predicted octanol–water partition coefficient (Wildman–Crippen LogP) is 1.34. The van der Waals surface area contributed by atoms with Gasteiger partial charge in [-0.3, -0.25) is 4.79 Å². The fourth-order valence-corrected chi connectivity index (χ4v) is 2.01. The number of likely N-dealkylation sites (N-methyl/N-ethyl adjacent to an activating group) is 1. The lowest BCUT2D eigenvalue weighted by molar-refractivity contribution is 0.0943. The van der Waals surface area contributed by atoms with E-state index in [1.54, 1.807) is 0 Å². The van der Waals surface area contributed by atoms with Crippen molar-refractivity contribution in [3.8, 4) is 5.69 Å². The van der Waals surface area contributed by atoms with E-state index in [4.69, 9.17) is 0 Å². The van der Waals surface area contributed by atoms with Gasteiger partial charge in [0.2, 0.25) is 0 Å². The molecule has 0 fully saturated rings. The Bertz CT molecular complexity index is 562. The number of aromatic nitrogens is 3. The maximum atomic E-state index is 12.0. The zero-order chi connectivity index (χ0) is 15.1. The van der Waals surface area contributed by atoms with Gasteiger partial charge in [-0.15, -0.1) is 5.10 Å². The number of nitrogens with zero attached hydrogens (tertiary/aromatic N) is 4. The normalized spacial score (nSPS) is 10.8. The van der Waals surface area contributed by atoms with Crippen LogP contribution in [0.4, 0.5) is 0 Å². The molecule has 6 nitrogen and oxygen atoms in total. The molecular weight excluding hydrogens is 266 g/mol. The van der Waals surface area contributed by atoms with Gasteiger partial charge in [-0.2, -0.15) is 9.90 Å². The number of benzene rings is 1. The first-order valence-electron chi connectivity index (χ1n) is 7.23. The highest BCUT2D eigenvalue weighted by molar-refractivity contribution is 5.91. The van der Waals surface area contributed by atoms with E-state index >= 15 is 0 Å². The van der Waals surface area contributed by atoms with Gasteiger partial charge in [-0.05, 0) is 25.2 Å². The second kappa shape index (κ2) is 7.54. The van der Waals surface area contributed by atoms with Crippen LogP contribution in [0.1, 0.15) is 24.3 Å². The smallest absolute Gasteiger partial charge is 0.273 e. The highest BCUT2D eigenvalue weighted by atomic mass is 16.2. The standard InChI is InChI=1S/C15H21N5O/c1-3-19(4-2)11-10-16-15(21)14-12-17-20(18-14)13-8-6-5-7-9-13/h5-9,12H,3-4,10-11H2,1-2H3,(H,16,21). The lowest BCUT2D eigenvalue weighted by Gasteiger charge is -2.17. The van der Waals surface area contributed by atoms with Crippen molar-refractivity contribution in [3.63, 3.8) is 0 Å². The molecule has 0 atom stereocenters. The summed E-state index contributed by atoms with van der Waals surface area (Å²) in [5.41, 5.74) is 1.16. The van der Waals surface area contributed by atoms with Crippen LogP contribution < -0.4 is 5.32 Å². The molecule has 0 unspecified atom stereocenters. The summed E-state index contributed by atoms with van der Waals surface area (Å²) in [6.07, 6.45) is 1.49. The van der Waals surface area contributed by atoms with Crippen LogP contribution in [-0.4, -0.2) is 52.0 Å². The van der Waals surface area contributed by atoms with Crippen molar-refractivity contribution in [3.05, 3.63) is 42.2 Å². The summed E-state index contributed by atoms with van der Waals surface area (Å²) < 4.78 is 0. The average molecular weight is 287 g/mol. The quantitative estimate of drug-likeness (QED) is 0.834. The molecule has 1 amide bonds. The van der Waals surface area contributed by atoms with E-state index in [1.165, 1.54) is 11.0 Å². The van der Waals surface area contributed by atoms with E-state index in [1.807, 2.05) is 30.3 Å². The SMILES string of the molecule is CCN(CC)CCNC(=O)c1cnn(-c2ccccc2)n1. The van der Waals surface area contributed by atoms with Gasteiger partial charge in [0.05, 0.1) is 11.9 Å². The van der Waals surface area contributed by atoms with Gasteiger partial charge in [-0.1, -0.05) is 32.0 Å². The summed E-state index contributed by atoms with van der Waals surface area (Å²) in [6.45, 7) is 7.63. The number of nitrogens with one attached hydrogen (secondary N) is 1. The second-order valence-corrected chi connectivity index (χ2v) is 4.64. The number of hydrogen-bond acceptors (Lipinski definition) is 4. The summed E-state index contributed by atoms with van der Waals surface area (Å²) in [5.74, 6) is -0.190. The van der Waals surface area contributed by atoms with Gasteiger partial charge in [0.15, 0.2) is 5.69 Å². The monoisotopic (exact) mass is 287 g/mol. The van der Waals surface area contributed by atoms with Crippen molar-refractivity contribution < 1.29 is 4.79 Å². The highest BCUT2D eigenvalue weighted by Gasteiger charge is 2.11. The molecule has 0 spiro atoms. The summed E-state index contributed by atoms with van der Waals surface area (Å²) in [5, 5.41) is 11.2. The largest absolute Gasteiger partial charge is 0.349 e. The molecule has 1 aromatic carbocycles. The molecule has 2 aromatic rings.